The summed E-state index contributed by atoms with van der Waals surface area (Å²) in [5.74, 6) is 2.67. The highest BCUT2D eigenvalue weighted by atomic mass is 14.2. The van der Waals surface area contributed by atoms with Gasteiger partial charge in [0.1, 0.15) is 0 Å². The van der Waals surface area contributed by atoms with Crippen molar-refractivity contribution in [2.75, 3.05) is 0 Å². The number of hydrogen-bond acceptors (Lipinski definition) is 0. The molecular formula is C21H14. The molecule has 0 nitrogen and oxygen atoms in total. The molecular weight excluding hydrogens is 252 g/mol. The molecule has 0 heterocycles. The summed E-state index contributed by atoms with van der Waals surface area (Å²) in [6.07, 6.45) is 6.45. The largest absolute Gasteiger partial charge is 0.115 e. The molecule has 0 saturated heterocycles. The van der Waals surface area contributed by atoms with E-state index in [0.29, 0.717) is 0 Å². The summed E-state index contributed by atoms with van der Waals surface area (Å²) in [5, 5.41) is 0. The van der Waals surface area contributed by atoms with Gasteiger partial charge in [0.15, 0.2) is 0 Å². The van der Waals surface area contributed by atoms with Gasteiger partial charge >= 0.3 is 0 Å². The van der Waals surface area contributed by atoms with Crippen molar-refractivity contribution in [2.24, 2.45) is 0 Å². The molecule has 0 unspecified atom stereocenters. The summed E-state index contributed by atoms with van der Waals surface area (Å²) in [4.78, 5) is 0. The highest BCUT2D eigenvalue weighted by Crippen LogP contribution is 2.41. The molecule has 0 N–H and O–H groups in total. The minimum atomic E-state index is 0.926. The Morgan fingerprint density at radius 3 is 2.24 bits per heavy atom. The van der Waals surface area contributed by atoms with E-state index in [1.54, 1.807) is 0 Å². The molecule has 0 bridgehead atoms. The number of terminal acetylenes is 1. The van der Waals surface area contributed by atoms with Gasteiger partial charge in [-0.05, 0) is 51.9 Å². The second-order valence-electron chi connectivity index (χ2n) is 5.39. The van der Waals surface area contributed by atoms with Crippen molar-refractivity contribution in [3.63, 3.8) is 0 Å². The summed E-state index contributed by atoms with van der Waals surface area (Å²) >= 11 is 0. The molecule has 0 radical (unpaired) electrons. The van der Waals surface area contributed by atoms with Crippen molar-refractivity contribution in [3.8, 4) is 34.6 Å². The third kappa shape index (κ3) is 1.87. The van der Waals surface area contributed by atoms with Crippen LogP contribution >= 0.6 is 0 Å². The van der Waals surface area contributed by atoms with Gasteiger partial charge in [0.2, 0.25) is 0 Å². The third-order valence-corrected chi connectivity index (χ3v) is 4.21. The average molecular weight is 266 g/mol. The van der Waals surface area contributed by atoms with Crippen molar-refractivity contribution in [1.82, 2.24) is 0 Å². The van der Waals surface area contributed by atoms with Crippen molar-refractivity contribution < 1.29 is 0 Å². The summed E-state index contributed by atoms with van der Waals surface area (Å²) < 4.78 is 0. The van der Waals surface area contributed by atoms with Gasteiger partial charge in [-0.1, -0.05) is 60.5 Å². The van der Waals surface area contributed by atoms with Gasteiger partial charge in [-0.2, -0.15) is 0 Å². The molecule has 98 valence electrons. The maximum Gasteiger partial charge on any atom is 0.0243 e. The van der Waals surface area contributed by atoms with Gasteiger partial charge in [-0.3, -0.25) is 0 Å². The van der Waals surface area contributed by atoms with Crippen molar-refractivity contribution in [1.29, 1.82) is 0 Å². The zero-order valence-corrected chi connectivity index (χ0v) is 11.6. The molecule has 0 saturated carbocycles. The highest BCUT2D eigenvalue weighted by Gasteiger charge is 2.20. The zero-order valence-electron chi connectivity index (χ0n) is 11.6. The van der Waals surface area contributed by atoms with Gasteiger partial charge in [0, 0.05) is 5.56 Å². The monoisotopic (exact) mass is 266 g/mol. The molecule has 0 spiro atoms. The van der Waals surface area contributed by atoms with Crippen LogP contribution in [0.5, 0.6) is 0 Å². The van der Waals surface area contributed by atoms with Crippen LogP contribution in [0.4, 0.5) is 0 Å². The van der Waals surface area contributed by atoms with E-state index in [4.69, 9.17) is 6.42 Å². The van der Waals surface area contributed by atoms with Crippen LogP contribution in [0.3, 0.4) is 0 Å². The van der Waals surface area contributed by atoms with E-state index in [9.17, 15) is 0 Å². The Bertz CT molecular complexity index is 861. The molecule has 0 fully saturated rings. The van der Waals surface area contributed by atoms with E-state index >= 15 is 0 Å². The lowest BCUT2D eigenvalue weighted by Gasteiger charge is -2.09. The van der Waals surface area contributed by atoms with E-state index in [2.05, 4.69) is 60.5 Å². The van der Waals surface area contributed by atoms with E-state index in [-0.39, 0.29) is 0 Å². The molecule has 1 aliphatic carbocycles. The fourth-order valence-electron chi connectivity index (χ4n) is 3.17. The van der Waals surface area contributed by atoms with Gasteiger partial charge in [0.05, 0.1) is 0 Å². The first-order valence-electron chi connectivity index (χ1n) is 7.14. The Hall–Kier alpha value is -2.78. The maximum absolute atomic E-state index is 5.44. The third-order valence-electron chi connectivity index (χ3n) is 4.21. The maximum atomic E-state index is 5.44. The molecule has 0 aromatic heterocycles. The van der Waals surface area contributed by atoms with Gasteiger partial charge < -0.3 is 0 Å². The van der Waals surface area contributed by atoms with Crippen LogP contribution in [0, 0.1) is 12.3 Å². The van der Waals surface area contributed by atoms with Crippen molar-refractivity contribution in [3.05, 3.63) is 83.4 Å². The smallest absolute Gasteiger partial charge is 0.0243 e. The molecule has 21 heavy (non-hydrogen) atoms. The minimum absolute atomic E-state index is 0.926. The van der Waals surface area contributed by atoms with Crippen molar-refractivity contribution >= 4 is 0 Å². The molecule has 0 amide bonds. The first kappa shape index (κ1) is 12.0. The predicted molar refractivity (Wildman–Crippen MR) is 88.1 cm³/mol. The molecule has 3 aromatic rings. The second kappa shape index (κ2) is 4.65. The first-order chi connectivity index (χ1) is 10.4. The molecule has 0 atom stereocenters. The van der Waals surface area contributed by atoms with Crippen LogP contribution < -0.4 is 0 Å². The van der Waals surface area contributed by atoms with Crippen LogP contribution in [0.1, 0.15) is 16.7 Å². The normalized spacial score (nSPS) is 11.6. The number of rotatable bonds is 1. The molecule has 4 rings (SSSR count). The SMILES string of the molecule is C#Cc1ccc(-c2cccc3c2Cc2ccccc2-3)cc1. The topological polar surface area (TPSA) is 0 Å². The van der Waals surface area contributed by atoms with Crippen molar-refractivity contribution in [2.45, 2.75) is 6.42 Å². The summed E-state index contributed by atoms with van der Waals surface area (Å²) in [7, 11) is 0. The number of hydrogen-bond donors (Lipinski definition) is 0. The van der Waals surface area contributed by atoms with Gasteiger partial charge in [-0.25, -0.2) is 0 Å². The Labute approximate surface area is 125 Å². The van der Waals surface area contributed by atoms with Crippen LogP contribution in [-0.2, 0) is 6.42 Å². The fraction of sp³-hybridized carbons (Fsp3) is 0.0476. The Balaban J connectivity index is 1.88. The highest BCUT2D eigenvalue weighted by molar-refractivity contribution is 5.84. The molecule has 1 aliphatic rings. The lowest BCUT2D eigenvalue weighted by atomic mass is 9.95. The lowest BCUT2D eigenvalue weighted by molar-refractivity contribution is 1.26. The standard InChI is InChI=1S/C21H14/c1-2-15-10-12-16(13-11-15)18-8-5-9-20-19-7-4-3-6-17(19)14-21(18)20/h1,3-13H,14H2. The van der Waals surface area contributed by atoms with E-state index in [0.717, 1.165) is 12.0 Å². The summed E-state index contributed by atoms with van der Waals surface area (Å²) in [5.41, 5.74) is 9.05. The number of fused-ring (bicyclic) bond motifs is 3. The summed E-state index contributed by atoms with van der Waals surface area (Å²) in [6, 6.07) is 23.5. The Morgan fingerprint density at radius 1 is 0.714 bits per heavy atom. The Kier molecular flexibility index (Phi) is 2.66. The Morgan fingerprint density at radius 2 is 1.43 bits per heavy atom. The van der Waals surface area contributed by atoms with E-state index in [1.807, 2.05) is 12.1 Å². The van der Waals surface area contributed by atoms with Gasteiger partial charge in [0.25, 0.3) is 0 Å². The van der Waals surface area contributed by atoms with Gasteiger partial charge in [-0.15, -0.1) is 6.42 Å². The van der Waals surface area contributed by atoms with Crippen LogP contribution in [0.2, 0.25) is 0 Å². The predicted octanol–water partition coefficient (Wildman–Crippen LogP) is 4.91. The molecule has 3 aromatic carbocycles. The lowest BCUT2D eigenvalue weighted by Crippen LogP contribution is -1.88. The van der Waals surface area contributed by atoms with Crippen LogP contribution in [0.25, 0.3) is 22.3 Å². The number of benzene rings is 3. The zero-order chi connectivity index (χ0) is 14.2. The quantitative estimate of drug-likeness (QED) is 0.430. The van der Waals surface area contributed by atoms with Crippen LogP contribution in [0.15, 0.2) is 66.7 Å². The van der Waals surface area contributed by atoms with E-state index < -0.39 is 0 Å². The average Bonchev–Trinajstić information content (AvgIpc) is 2.94. The molecule has 0 heteroatoms. The molecule has 0 aliphatic heterocycles. The van der Waals surface area contributed by atoms with E-state index in [1.165, 1.54) is 33.4 Å². The second-order valence-corrected chi connectivity index (χ2v) is 5.39. The summed E-state index contributed by atoms with van der Waals surface area (Å²) in [6.45, 7) is 0. The van der Waals surface area contributed by atoms with Crippen LogP contribution in [-0.4, -0.2) is 0 Å². The first-order valence-corrected chi connectivity index (χ1v) is 7.14. The fourth-order valence-corrected chi connectivity index (χ4v) is 3.17. The minimum Gasteiger partial charge on any atom is -0.115 e.